The van der Waals surface area contributed by atoms with Crippen molar-refractivity contribution in [1.82, 2.24) is 0 Å². The topological polar surface area (TPSA) is 40.5 Å². The lowest BCUT2D eigenvalue weighted by Crippen LogP contribution is -2.05. The van der Waals surface area contributed by atoms with E-state index in [0.29, 0.717) is 0 Å². The molecule has 0 spiro atoms. The average molecular weight is 176 g/mol. The van der Waals surface area contributed by atoms with Crippen molar-refractivity contribution in [3.8, 4) is 0 Å². The van der Waals surface area contributed by atoms with Gasteiger partial charge in [-0.15, -0.1) is 0 Å². The number of aryl methyl sites for hydroxylation is 1. The van der Waals surface area contributed by atoms with Gasteiger partial charge in [-0.05, 0) is 17.5 Å². The van der Waals surface area contributed by atoms with Crippen LogP contribution in [0.3, 0.4) is 0 Å². The van der Waals surface area contributed by atoms with Gasteiger partial charge in [-0.3, -0.25) is 0 Å². The molecular formula is C10H13BO2. The van der Waals surface area contributed by atoms with Crippen molar-refractivity contribution in [2.24, 2.45) is 0 Å². The first-order valence-corrected chi connectivity index (χ1v) is 4.36. The molecule has 0 saturated heterocycles. The predicted molar refractivity (Wildman–Crippen MR) is 55.0 cm³/mol. The van der Waals surface area contributed by atoms with Gasteiger partial charge in [-0.1, -0.05) is 43.2 Å². The van der Waals surface area contributed by atoms with E-state index in [-0.39, 0.29) is 0 Å². The van der Waals surface area contributed by atoms with Gasteiger partial charge in [0.15, 0.2) is 0 Å². The first-order valence-electron chi connectivity index (χ1n) is 4.36. The predicted octanol–water partition coefficient (Wildman–Crippen LogP) is 1.27. The van der Waals surface area contributed by atoms with Crippen LogP contribution in [0.4, 0.5) is 0 Å². The molecule has 0 aliphatic rings. The normalized spacial score (nSPS) is 10.7. The second kappa shape index (κ2) is 4.85. The maximum atomic E-state index is 8.65. The maximum absolute atomic E-state index is 8.65. The molecule has 68 valence electrons. The Hall–Kier alpha value is -1.06. The quantitative estimate of drug-likeness (QED) is 0.681. The minimum Gasteiger partial charge on any atom is -0.424 e. The molecule has 2 N–H and O–H groups in total. The van der Waals surface area contributed by atoms with Gasteiger partial charge in [-0.25, -0.2) is 0 Å². The van der Waals surface area contributed by atoms with Crippen molar-refractivity contribution in [1.29, 1.82) is 0 Å². The van der Waals surface area contributed by atoms with E-state index in [1.807, 2.05) is 24.3 Å². The molecule has 2 nitrogen and oxygen atoms in total. The lowest BCUT2D eigenvalue weighted by atomic mass is 9.90. The summed E-state index contributed by atoms with van der Waals surface area (Å²) in [5, 5.41) is 17.3. The molecule has 1 aromatic rings. The molecule has 0 atom stereocenters. The summed E-state index contributed by atoms with van der Waals surface area (Å²) in [7, 11) is -1.37. The highest BCUT2D eigenvalue weighted by molar-refractivity contribution is 6.48. The van der Waals surface area contributed by atoms with Gasteiger partial charge in [-0.2, -0.15) is 0 Å². The Balaban J connectivity index is 2.87. The lowest BCUT2D eigenvalue weighted by molar-refractivity contribution is 0.424. The number of hydrogen-bond donors (Lipinski definition) is 2. The van der Waals surface area contributed by atoms with E-state index in [0.717, 1.165) is 12.0 Å². The zero-order chi connectivity index (χ0) is 9.68. The van der Waals surface area contributed by atoms with Gasteiger partial charge < -0.3 is 10.0 Å². The largest absolute Gasteiger partial charge is 0.480 e. The Morgan fingerprint density at radius 1 is 1.31 bits per heavy atom. The van der Waals surface area contributed by atoms with Gasteiger partial charge in [0.2, 0.25) is 0 Å². The van der Waals surface area contributed by atoms with Gasteiger partial charge in [0, 0.05) is 0 Å². The molecule has 0 unspecified atom stereocenters. The Morgan fingerprint density at radius 2 is 2.00 bits per heavy atom. The second-order valence-corrected chi connectivity index (χ2v) is 2.83. The van der Waals surface area contributed by atoms with Crippen LogP contribution in [0.25, 0.3) is 6.08 Å². The molecule has 0 aliphatic heterocycles. The molecule has 0 aromatic heterocycles. The summed E-state index contributed by atoms with van der Waals surface area (Å²) in [4.78, 5) is 0. The van der Waals surface area contributed by atoms with Crippen LogP contribution >= 0.6 is 0 Å². The van der Waals surface area contributed by atoms with Crippen molar-refractivity contribution in [2.45, 2.75) is 13.3 Å². The highest BCUT2D eigenvalue weighted by Crippen LogP contribution is 2.10. The molecule has 0 aliphatic carbocycles. The van der Waals surface area contributed by atoms with E-state index in [9.17, 15) is 0 Å². The Labute approximate surface area is 78.7 Å². The molecule has 13 heavy (non-hydrogen) atoms. The summed E-state index contributed by atoms with van der Waals surface area (Å²) in [5.74, 6) is 1.36. The monoisotopic (exact) mass is 176 g/mol. The molecule has 3 heteroatoms. The van der Waals surface area contributed by atoms with Crippen LogP contribution in [0.2, 0.25) is 0 Å². The van der Waals surface area contributed by atoms with Crippen LogP contribution in [0, 0.1) is 0 Å². The maximum Gasteiger partial charge on any atom is 0.480 e. The van der Waals surface area contributed by atoms with Gasteiger partial charge >= 0.3 is 7.12 Å². The second-order valence-electron chi connectivity index (χ2n) is 2.83. The fourth-order valence-electron chi connectivity index (χ4n) is 1.21. The zero-order valence-corrected chi connectivity index (χ0v) is 7.64. The van der Waals surface area contributed by atoms with E-state index in [2.05, 4.69) is 6.92 Å². The molecule has 0 bridgehead atoms. The third-order valence-electron chi connectivity index (χ3n) is 1.88. The smallest absolute Gasteiger partial charge is 0.424 e. The molecule has 0 heterocycles. The van der Waals surface area contributed by atoms with Gasteiger partial charge in [0.1, 0.15) is 0 Å². The first-order chi connectivity index (χ1) is 6.24. The molecule has 0 saturated carbocycles. The number of benzene rings is 1. The van der Waals surface area contributed by atoms with Crippen molar-refractivity contribution in [2.75, 3.05) is 0 Å². The summed E-state index contributed by atoms with van der Waals surface area (Å²) >= 11 is 0. The molecular weight excluding hydrogens is 163 g/mol. The third kappa shape index (κ3) is 3.05. The van der Waals surface area contributed by atoms with Crippen LogP contribution in [-0.2, 0) is 6.42 Å². The van der Waals surface area contributed by atoms with E-state index in [4.69, 9.17) is 10.0 Å². The van der Waals surface area contributed by atoms with Crippen LogP contribution in [0.15, 0.2) is 30.2 Å². The molecule has 0 radical (unpaired) electrons. The summed E-state index contributed by atoms with van der Waals surface area (Å²) in [5.41, 5.74) is 2.25. The van der Waals surface area contributed by atoms with Crippen molar-refractivity contribution in [3.05, 3.63) is 41.4 Å². The van der Waals surface area contributed by atoms with Crippen molar-refractivity contribution < 1.29 is 10.0 Å². The highest BCUT2D eigenvalue weighted by atomic mass is 16.4. The van der Waals surface area contributed by atoms with Gasteiger partial charge in [0.25, 0.3) is 0 Å². The van der Waals surface area contributed by atoms with Crippen LogP contribution in [-0.4, -0.2) is 17.2 Å². The summed E-state index contributed by atoms with van der Waals surface area (Å²) in [6.07, 6.45) is 2.67. The van der Waals surface area contributed by atoms with E-state index in [1.54, 1.807) is 6.08 Å². The van der Waals surface area contributed by atoms with E-state index in [1.165, 1.54) is 11.5 Å². The minimum atomic E-state index is -1.37. The number of hydrogen-bond acceptors (Lipinski definition) is 2. The summed E-state index contributed by atoms with van der Waals surface area (Å²) in [6.45, 7) is 2.07. The standard InChI is InChI=1S/C10H13BO2/c1-2-9-5-3-4-6-10(9)7-8-11(12)13/h3-8,12-13H,2H2,1H3. The zero-order valence-electron chi connectivity index (χ0n) is 7.64. The Morgan fingerprint density at radius 3 is 2.62 bits per heavy atom. The SMILES string of the molecule is CCc1ccccc1C=CB(O)O. The molecule has 1 aromatic carbocycles. The first kappa shape index (κ1) is 10.0. The van der Waals surface area contributed by atoms with Crippen LogP contribution in [0.5, 0.6) is 0 Å². The average Bonchev–Trinajstić information content (AvgIpc) is 2.15. The molecule has 0 amide bonds. The fraction of sp³-hybridized carbons (Fsp3) is 0.200. The lowest BCUT2D eigenvalue weighted by Gasteiger charge is -2.01. The summed E-state index contributed by atoms with van der Waals surface area (Å²) < 4.78 is 0. The van der Waals surface area contributed by atoms with Crippen molar-refractivity contribution in [3.63, 3.8) is 0 Å². The van der Waals surface area contributed by atoms with Crippen molar-refractivity contribution >= 4 is 13.2 Å². The van der Waals surface area contributed by atoms with E-state index < -0.39 is 7.12 Å². The Bertz CT molecular complexity index is 295. The summed E-state index contributed by atoms with van der Waals surface area (Å²) in [6, 6.07) is 7.90. The number of rotatable bonds is 3. The highest BCUT2D eigenvalue weighted by Gasteiger charge is 2.00. The molecule has 0 fully saturated rings. The fourth-order valence-corrected chi connectivity index (χ4v) is 1.21. The van der Waals surface area contributed by atoms with E-state index >= 15 is 0 Å². The third-order valence-corrected chi connectivity index (χ3v) is 1.88. The van der Waals surface area contributed by atoms with Gasteiger partial charge in [0.05, 0.1) is 0 Å². The minimum absolute atomic E-state index is 0.946. The molecule has 1 rings (SSSR count). The van der Waals surface area contributed by atoms with Crippen LogP contribution < -0.4 is 0 Å². The van der Waals surface area contributed by atoms with Crippen LogP contribution in [0.1, 0.15) is 18.1 Å². The Kier molecular flexibility index (Phi) is 3.74.